The fraction of sp³-hybridized carbons (Fsp3) is 0.240. The maximum absolute atomic E-state index is 15.2. The van der Waals surface area contributed by atoms with Crippen molar-refractivity contribution in [3.8, 4) is 11.5 Å². The maximum Gasteiger partial charge on any atom is 0.380 e. The highest BCUT2D eigenvalue weighted by atomic mass is 19.3. The topological polar surface area (TPSA) is 26.0 Å². The number of nitrogens with zero attached hydrogens (tertiary/aromatic N) is 1. The summed E-state index contributed by atoms with van der Waals surface area (Å²) in [6.45, 7) is 4.04. The van der Waals surface area contributed by atoms with Gasteiger partial charge in [0.1, 0.15) is 11.5 Å². The van der Waals surface area contributed by atoms with Gasteiger partial charge in [0.25, 0.3) is 0 Å². The number of alkyl halides is 6. The van der Waals surface area contributed by atoms with Gasteiger partial charge in [0, 0.05) is 11.1 Å². The van der Waals surface area contributed by atoms with Crippen molar-refractivity contribution in [1.29, 1.82) is 0 Å². The first kappa shape index (κ1) is 22.9. The summed E-state index contributed by atoms with van der Waals surface area (Å²) >= 11 is 0. The highest BCUT2D eigenvalue weighted by molar-refractivity contribution is 5.96. The van der Waals surface area contributed by atoms with Crippen LogP contribution in [0.25, 0.3) is 22.6 Å². The molecule has 1 aliphatic carbocycles. The number of allylic oxidation sites excluding steroid dienone is 4. The molecule has 0 atom stereocenters. The van der Waals surface area contributed by atoms with Gasteiger partial charge < -0.3 is 4.42 Å². The van der Waals surface area contributed by atoms with E-state index < -0.39 is 34.6 Å². The summed E-state index contributed by atoms with van der Waals surface area (Å²) in [6.07, 6.45) is 0. The molecule has 172 valence electrons. The summed E-state index contributed by atoms with van der Waals surface area (Å²) in [5.41, 5.74) is -3.40. The van der Waals surface area contributed by atoms with Crippen molar-refractivity contribution in [3.05, 3.63) is 88.8 Å². The summed E-state index contributed by atoms with van der Waals surface area (Å²) in [5.74, 6) is -16.4. The number of rotatable bonds is 4. The minimum atomic E-state index is -5.67. The molecule has 3 aromatic rings. The number of hydrogen-bond acceptors (Lipinski definition) is 2. The Balaban J connectivity index is 2.08. The van der Waals surface area contributed by atoms with Gasteiger partial charge in [-0.15, -0.1) is 0 Å². The monoisotopic (exact) mass is 463 g/mol. The highest BCUT2D eigenvalue weighted by Gasteiger charge is 2.81. The molecule has 0 saturated carbocycles. The maximum atomic E-state index is 15.2. The van der Waals surface area contributed by atoms with Crippen molar-refractivity contribution in [2.45, 2.75) is 38.5 Å². The van der Waals surface area contributed by atoms with Crippen molar-refractivity contribution < 1.29 is 30.8 Å². The van der Waals surface area contributed by atoms with Crippen LogP contribution in [-0.2, 0) is 0 Å². The largest absolute Gasteiger partial charge is 0.441 e. The third-order valence-corrected chi connectivity index (χ3v) is 5.53. The molecule has 1 heterocycles. The molecule has 2 nitrogen and oxygen atoms in total. The first-order valence-corrected chi connectivity index (χ1v) is 10.1. The SMILES string of the molecule is CC(C)=C(C1=C(c2nc(-c3ccccc3)oc2C)C(F)(F)C(F)(F)C1(F)F)c1ccccc1. The van der Waals surface area contributed by atoms with Gasteiger partial charge in [-0.05, 0) is 44.0 Å². The molecule has 0 N–H and O–H groups in total. The molecule has 0 aliphatic heterocycles. The predicted octanol–water partition coefficient (Wildman–Crippen LogP) is 7.82. The van der Waals surface area contributed by atoms with Crippen LogP contribution in [0.4, 0.5) is 26.3 Å². The third-order valence-electron chi connectivity index (χ3n) is 5.53. The molecule has 33 heavy (non-hydrogen) atoms. The average molecular weight is 463 g/mol. The lowest BCUT2D eigenvalue weighted by Crippen LogP contribution is -2.49. The van der Waals surface area contributed by atoms with E-state index in [0.717, 1.165) is 0 Å². The second kappa shape index (κ2) is 7.64. The van der Waals surface area contributed by atoms with E-state index in [0.29, 0.717) is 5.56 Å². The molecule has 1 aromatic heterocycles. The fourth-order valence-corrected chi connectivity index (χ4v) is 3.99. The molecular formula is C25H19F6NO. The first-order chi connectivity index (χ1) is 15.4. The van der Waals surface area contributed by atoms with Crippen molar-refractivity contribution in [2.75, 3.05) is 0 Å². The molecule has 0 spiro atoms. The lowest BCUT2D eigenvalue weighted by molar-refractivity contribution is -0.258. The summed E-state index contributed by atoms with van der Waals surface area (Å²) in [5, 5.41) is 0. The van der Waals surface area contributed by atoms with Crippen molar-refractivity contribution >= 4 is 11.1 Å². The molecule has 0 fully saturated rings. The summed E-state index contributed by atoms with van der Waals surface area (Å²) < 4.78 is 95.5. The zero-order chi connectivity index (χ0) is 24.2. The third kappa shape index (κ3) is 3.31. The lowest BCUT2D eigenvalue weighted by atomic mass is 9.88. The minimum absolute atomic E-state index is 0.114. The number of benzene rings is 2. The molecule has 1 aliphatic rings. The van der Waals surface area contributed by atoms with Crippen LogP contribution in [0, 0.1) is 6.92 Å². The minimum Gasteiger partial charge on any atom is -0.441 e. The van der Waals surface area contributed by atoms with E-state index in [1.807, 2.05) is 0 Å². The summed E-state index contributed by atoms with van der Waals surface area (Å²) in [6, 6.07) is 15.6. The Labute approximate surface area is 186 Å². The molecular weight excluding hydrogens is 444 g/mol. The van der Waals surface area contributed by atoms with Gasteiger partial charge in [0.2, 0.25) is 5.89 Å². The molecule has 0 unspecified atom stereocenters. The van der Waals surface area contributed by atoms with Gasteiger partial charge in [0.15, 0.2) is 0 Å². The summed E-state index contributed by atoms with van der Waals surface area (Å²) in [4.78, 5) is 3.98. The van der Waals surface area contributed by atoms with Crippen molar-refractivity contribution in [2.24, 2.45) is 0 Å². The van der Waals surface area contributed by atoms with Gasteiger partial charge in [0.05, 0.1) is 5.57 Å². The van der Waals surface area contributed by atoms with Crippen LogP contribution in [0.1, 0.15) is 30.9 Å². The van der Waals surface area contributed by atoms with E-state index in [4.69, 9.17) is 4.42 Å². The zero-order valence-corrected chi connectivity index (χ0v) is 17.9. The Bertz CT molecular complexity index is 1250. The van der Waals surface area contributed by atoms with Gasteiger partial charge in [-0.1, -0.05) is 54.1 Å². The quantitative estimate of drug-likeness (QED) is 0.369. The Morgan fingerprint density at radius 3 is 1.88 bits per heavy atom. The van der Waals surface area contributed by atoms with E-state index in [9.17, 15) is 8.78 Å². The van der Waals surface area contributed by atoms with Gasteiger partial charge in [-0.2, -0.15) is 26.3 Å². The Kier molecular flexibility index (Phi) is 5.30. The number of oxazole rings is 1. The lowest BCUT2D eigenvalue weighted by Gasteiger charge is -2.26. The van der Waals surface area contributed by atoms with Crippen LogP contribution < -0.4 is 0 Å². The van der Waals surface area contributed by atoms with Gasteiger partial charge in [-0.3, -0.25) is 0 Å². The van der Waals surface area contributed by atoms with Crippen molar-refractivity contribution in [1.82, 2.24) is 4.98 Å². The van der Waals surface area contributed by atoms with E-state index in [1.54, 1.807) is 36.4 Å². The number of aryl methyl sites for hydroxylation is 1. The second-order valence-corrected chi connectivity index (χ2v) is 8.00. The summed E-state index contributed by atoms with van der Waals surface area (Å²) in [7, 11) is 0. The molecule has 0 saturated heterocycles. The molecule has 0 radical (unpaired) electrons. The van der Waals surface area contributed by atoms with Crippen LogP contribution >= 0.6 is 0 Å². The number of halogens is 6. The Hall–Kier alpha value is -3.29. The molecule has 8 heteroatoms. The van der Waals surface area contributed by atoms with E-state index >= 15 is 17.6 Å². The standard InChI is InChI=1S/C25H19F6NO/c1-14(2)18(16-10-6-4-7-11-16)19-20(24(28,29)25(30,31)23(19,26)27)21-15(3)33-22(32-21)17-12-8-5-9-13-17/h4-13H,1-3H3. The van der Waals surface area contributed by atoms with E-state index in [-0.39, 0.29) is 28.4 Å². The number of hydrogen-bond donors (Lipinski definition) is 0. The average Bonchev–Trinajstić information content (AvgIpc) is 3.18. The molecule has 0 amide bonds. The van der Waals surface area contributed by atoms with Crippen LogP contribution in [0.2, 0.25) is 0 Å². The fourth-order valence-electron chi connectivity index (χ4n) is 3.99. The predicted molar refractivity (Wildman–Crippen MR) is 113 cm³/mol. The highest BCUT2D eigenvalue weighted by Crippen LogP contribution is 2.65. The van der Waals surface area contributed by atoms with Gasteiger partial charge in [-0.25, -0.2) is 4.98 Å². The molecule has 0 bridgehead atoms. The smallest absolute Gasteiger partial charge is 0.380 e. The van der Waals surface area contributed by atoms with Crippen LogP contribution in [0.3, 0.4) is 0 Å². The Morgan fingerprint density at radius 1 is 0.788 bits per heavy atom. The molecule has 4 rings (SSSR count). The normalized spacial score (nSPS) is 18.5. The van der Waals surface area contributed by atoms with E-state index in [2.05, 4.69) is 4.98 Å². The first-order valence-electron chi connectivity index (χ1n) is 10.1. The van der Waals surface area contributed by atoms with Crippen LogP contribution in [0.15, 0.2) is 76.2 Å². The van der Waals surface area contributed by atoms with Crippen LogP contribution in [-0.4, -0.2) is 22.8 Å². The molecule has 2 aromatic carbocycles. The van der Waals surface area contributed by atoms with E-state index in [1.165, 1.54) is 45.0 Å². The number of aromatic nitrogens is 1. The second-order valence-electron chi connectivity index (χ2n) is 8.00. The van der Waals surface area contributed by atoms with Crippen molar-refractivity contribution in [3.63, 3.8) is 0 Å². The Morgan fingerprint density at radius 2 is 1.33 bits per heavy atom. The van der Waals surface area contributed by atoms with Crippen LogP contribution in [0.5, 0.6) is 0 Å². The van der Waals surface area contributed by atoms with Gasteiger partial charge >= 0.3 is 17.8 Å². The zero-order valence-electron chi connectivity index (χ0n) is 17.9.